The molecule has 0 saturated heterocycles. The molecule has 0 aliphatic rings. The number of nitrogens with one attached hydrogen (secondary N) is 3. The van der Waals surface area contributed by atoms with E-state index in [9.17, 15) is 0 Å². The lowest BCUT2D eigenvalue weighted by Gasteiger charge is -2.30. The molecule has 1 rings (SSSR count). The van der Waals surface area contributed by atoms with E-state index in [2.05, 4.69) is 65.3 Å². The van der Waals surface area contributed by atoms with Gasteiger partial charge >= 0.3 is 0 Å². The minimum atomic E-state index is 0. The molecule has 0 spiro atoms. The Balaban J connectivity index is 0.00000441. The van der Waals surface area contributed by atoms with Gasteiger partial charge in [0.05, 0.1) is 12.2 Å². The first-order valence-corrected chi connectivity index (χ1v) is 7.80. The van der Waals surface area contributed by atoms with Crippen molar-refractivity contribution in [1.29, 1.82) is 0 Å². The Morgan fingerprint density at radius 3 is 2.45 bits per heavy atom. The lowest BCUT2D eigenvalue weighted by molar-refractivity contribution is 0.178. The van der Waals surface area contributed by atoms with Crippen molar-refractivity contribution in [3.63, 3.8) is 0 Å². The second-order valence-corrected chi connectivity index (χ2v) is 5.63. The van der Waals surface area contributed by atoms with Crippen LogP contribution in [0.5, 0.6) is 0 Å². The number of guanidine groups is 1. The van der Waals surface area contributed by atoms with E-state index in [1.54, 1.807) is 6.20 Å². The summed E-state index contributed by atoms with van der Waals surface area (Å²) < 4.78 is 0. The second kappa shape index (κ2) is 11.7. The lowest BCUT2D eigenvalue weighted by Crippen LogP contribution is -2.45. The van der Waals surface area contributed by atoms with Crippen molar-refractivity contribution < 1.29 is 0 Å². The Morgan fingerprint density at radius 2 is 1.95 bits per heavy atom. The molecule has 22 heavy (non-hydrogen) atoms. The van der Waals surface area contributed by atoms with Crippen molar-refractivity contribution in [2.75, 3.05) is 19.6 Å². The van der Waals surface area contributed by atoms with Crippen LogP contribution in [0.15, 0.2) is 17.3 Å². The average molecular weight is 422 g/mol. The van der Waals surface area contributed by atoms with E-state index in [4.69, 9.17) is 0 Å². The van der Waals surface area contributed by atoms with Gasteiger partial charge < -0.3 is 10.6 Å². The second-order valence-electron chi connectivity index (χ2n) is 5.63. The number of halogens is 1. The maximum absolute atomic E-state index is 4.55. The van der Waals surface area contributed by atoms with Crippen LogP contribution >= 0.6 is 24.0 Å². The van der Waals surface area contributed by atoms with Gasteiger partial charge in [-0.3, -0.25) is 10.00 Å². The van der Waals surface area contributed by atoms with Crippen molar-refractivity contribution in [2.45, 2.75) is 53.2 Å². The van der Waals surface area contributed by atoms with Crippen LogP contribution in [0, 0.1) is 0 Å². The first-order valence-electron chi connectivity index (χ1n) is 7.80. The molecule has 0 saturated carbocycles. The zero-order valence-corrected chi connectivity index (χ0v) is 16.7. The maximum atomic E-state index is 4.55. The van der Waals surface area contributed by atoms with Crippen molar-refractivity contribution in [1.82, 2.24) is 25.7 Å². The van der Waals surface area contributed by atoms with Gasteiger partial charge in [-0.2, -0.15) is 5.10 Å². The van der Waals surface area contributed by atoms with Crippen LogP contribution in [-0.4, -0.2) is 52.8 Å². The van der Waals surface area contributed by atoms with E-state index in [1.165, 1.54) is 0 Å². The highest BCUT2D eigenvalue weighted by Crippen LogP contribution is 2.03. The molecule has 7 heteroatoms. The molecule has 128 valence electrons. The smallest absolute Gasteiger partial charge is 0.191 e. The average Bonchev–Trinajstić information content (AvgIpc) is 2.93. The van der Waals surface area contributed by atoms with Gasteiger partial charge in [0.1, 0.15) is 0 Å². The number of rotatable bonds is 8. The van der Waals surface area contributed by atoms with Crippen molar-refractivity contribution in [3.05, 3.63) is 18.0 Å². The third-order valence-electron chi connectivity index (χ3n) is 3.30. The van der Waals surface area contributed by atoms with E-state index >= 15 is 0 Å². The maximum Gasteiger partial charge on any atom is 0.191 e. The molecule has 0 unspecified atom stereocenters. The van der Waals surface area contributed by atoms with Gasteiger partial charge in [-0.1, -0.05) is 0 Å². The predicted octanol–water partition coefficient (Wildman–Crippen LogP) is 2.20. The fourth-order valence-corrected chi connectivity index (χ4v) is 2.29. The Morgan fingerprint density at radius 1 is 1.27 bits per heavy atom. The molecule has 0 aliphatic carbocycles. The molecular formula is C15H31IN6. The summed E-state index contributed by atoms with van der Waals surface area (Å²) in [7, 11) is 0. The predicted molar refractivity (Wildman–Crippen MR) is 104 cm³/mol. The number of hydrogen-bond acceptors (Lipinski definition) is 3. The third-order valence-corrected chi connectivity index (χ3v) is 3.30. The van der Waals surface area contributed by atoms with E-state index < -0.39 is 0 Å². The highest BCUT2D eigenvalue weighted by Gasteiger charge is 2.12. The van der Waals surface area contributed by atoms with Gasteiger partial charge in [-0.05, 0) is 40.7 Å². The molecule has 0 radical (unpaired) electrons. The van der Waals surface area contributed by atoms with Gasteiger partial charge in [0.15, 0.2) is 5.96 Å². The molecule has 3 N–H and O–H groups in total. The van der Waals surface area contributed by atoms with E-state index in [0.29, 0.717) is 18.6 Å². The molecule has 0 bridgehead atoms. The largest absolute Gasteiger partial charge is 0.357 e. The standard InChI is InChI=1S/C15H30N6.HI/c1-6-16-15(18-11-14-7-8-19-20-14)17-9-10-21(12(2)3)13(4)5;/h7-8,12-13H,6,9-11H2,1-5H3,(H,19,20)(H2,16,17,18);1H. The molecule has 0 fully saturated rings. The van der Waals surface area contributed by atoms with Crippen LogP contribution in [0.4, 0.5) is 0 Å². The number of hydrogen-bond donors (Lipinski definition) is 3. The number of aliphatic imine (C=N–C) groups is 1. The highest BCUT2D eigenvalue weighted by atomic mass is 127. The zero-order chi connectivity index (χ0) is 15.7. The van der Waals surface area contributed by atoms with E-state index in [-0.39, 0.29) is 24.0 Å². The number of aromatic nitrogens is 2. The monoisotopic (exact) mass is 422 g/mol. The van der Waals surface area contributed by atoms with Crippen LogP contribution in [0.2, 0.25) is 0 Å². The fourth-order valence-electron chi connectivity index (χ4n) is 2.29. The molecule has 1 aromatic heterocycles. The highest BCUT2D eigenvalue weighted by molar-refractivity contribution is 14.0. The topological polar surface area (TPSA) is 68.3 Å². The van der Waals surface area contributed by atoms with Crippen LogP contribution in [-0.2, 0) is 6.54 Å². The Bertz CT molecular complexity index is 394. The van der Waals surface area contributed by atoms with Crippen LogP contribution < -0.4 is 10.6 Å². The quantitative estimate of drug-likeness (QED) is 0.342. The van der Waals surface area contributed by atoms with Gasteiger partial charge in [-0.15, -0.1) is 24.0 Å². The summed E-state index contributed by atoms with van der Waals surface area (Å²) in [6.07, 6.45) is 1.74. The molecule has 0 amide bonds. The van der Waals surface area contributed by atoms with Crippen LogP contribution in [0.3, 0.4) is 0 Å². The SMILES string of the molecule is CCNC(=NCc1ccn[nH]1)NCCN(C(C)C)C(C)C.I. The van der Waals surface area contributed by atoms with E-state index in [1.807, 2.05) is 6.07 Å². The Labute approximate surface area is 151 Å². The molecule has 0 aromatic carbocycles. The van der Waals surface area contributed by atoms with Crippen molar-refractivity contribution in [2.24, 2.45) is 4.99 Å². The molecule has 6 nitrogen and oxygen atoms in total. The summed E-state index contributed by atoms with van der Waals surface area (Å²) in [5, 5.41) is 13.5. The normalized spacial score (nSPS) is 11.9. The summed E-state index contributed by atoms with van der Waals surface area (Å²) in [6.45, 7) is 14.3. The minimum absolute atomic E-state index is 0. The Kier molecular flexibility index (Phi) is 11.3. The molecule has 1 heterocycles. The van der Waals surface area contributed by atoms with Gasteiger partial charge in [0.25, 0.3) is 0 Å². The number of nitrogens with zero attached hydrogens (tertiary/aromatic N) is 3. The zero-order valence-electron chi connectivity index (χ0n) is 14.4. The Hall–Kier alpha value is -0.830. The van der Waals surface area contributed by atoms with Gasteiger partial charge in [0.2, 0.25) is 0 Å². The summed E-state index contributed by atoms with van der Waals surface area (Å²) in [6, 6.07) is 3.04. The molecular weight excluding hydrogens is 391 g/mol. The van der Waals surface area contributed by atoms with Gasteiger partial charge in [0, 0.05) is 37.9 Å². The first-order chi connectivity index (χ1) is 10.0. The number of aromatic amines is 1. The third kappa shape index (κ3) is 7.98. The minimum Gasteiger partial charge on any atom is -0.357 e. The fraction of sp³-hybridized carbons (Fsp3) is 0.733. The van der Waals surface area contributed by atoms with Crippen LogP contribution in [0.25, 0.3) is 0 Å². The van der Waals surface area contributed by atoms with Crippen molar-refractivity contribution in [3.8, 4) is 0 Å². The number of H-pyrrole nitrogens is 1. The lowest BCUT2D eigenvalue weighted by atomic mass is 10.2. The summed E-state index contributed by atoms with van der Waals surface area (Å²) in [5.74, 6) is 0.847. The summed E-state index contributed by atoms with van der Waals surface area (Å²) >= 11 is 0. The van der Waals surface area contributed by atoms with Crippen molar-refractivity contribution >= 4 is 29.9 Å². The summed E-state index contributed by atoms with van der Waals surface area (Å²) in [4.78, 5) is 7.01. The van der Waals surface area contributed by atoms with Crippen LogP contribution in [0.1, 0.15) is 40.3 Å². The summed E-state index contributed by atoms with van der Waals surface area (Å²) in [5.41, 5.74) is 1.01. The van der Waals surface area contributed by atoms with E-state index in [0.717, 1.165) is 31.3 Å². The molecule has 1 aromatic rings. The molecule has 0 aliphatic heterocycles. The van der Waals surface area contributed by atoms with Gasteiger partial charge in [-0.25, -0.2) is 4.99 Å². The molecule has 0 atom stereocenters. The first kappa shape index (κ1) is 21.2.